The van der Waals surface area contributed by atoms with Crippen LogP contribution >= 0.6 is 0 Å². The monoisotopic (exact) mass is 511 g/mol. The zero-order valence-corrected chi connectivity index (χ0v) is 22.9. The summed E-state index contributed by atoms with van der Waals surface area (Å²) in [6, 6.07) is 4.39. The molecule has 1 saturated heterocycles. The number of rotatable bonds is 16. The maximum Gasteiger partial charge on any atom is 0.293 e. The molecule has 1 aliphatic rings. The summed E-state index contributed by atoms with van der Waals surface area (Å²) >= 11 is 0. The number of morpholine rings is 1. The van der Waals surface area contributed by atoms with E-state index < -0.39 is 14.9 Å². The number of hydrogen-bond acceptors (Lipinski definition) is 6. The van der Waals surface area contributed by atoms with Crippen LogP contribution in [-0.4, -0.2) is 57.0 Å². The average Bonchev–Trinajstić information content (AvgIpc) is 2.87. The van der Waals surface area contributed by atoms with Gasteiger partial charge in [0, 0.05) is 32.2 Å². The molecule has 0 aliphatic carbocycles. The first-order chi connectivity index (χ1) is 16.8. The van der Waals surface area contributed by atoms with Crippen molar-refractivity contribution in [3.63, 3.8) is 0 Å². The summed E-state index contributed by atoms with van der Waals surface area (Å²) in [5.74, 6) is 0.548. The Morgan fingerprint density at radius 1 is 1.00 bits per heavy atom. The summed E-state index contributed by atoms with van der Waals surface area (Å²) in [6.07, 6.45) is 8.08. The van der Waals surface area contributed by atoms with Crippen molar-refractivity contribution < 1.29 is 18.1 Å². The molecule has 0 aromatic heterocycles. The van der Waals surface area contributed by atoms with Gasteiger partial charge in [0.2, 0.25) is 10.0 Å². The minimum Gasteiger partial charge on any atom is -0.378 e. The van der Waals surface area contributed by atoms with Gasteiger partial charge >= 0.3 is 0 Å². The zero-order valence-electron chi connectivity index (χ0n) is 22.1. The quantitative estimate of drug-likeness (QED) is 0.204. The van der Waals surface area contributed by atoms with E-state index in [0.29, 0.717) is 45.1 Å². The second kappa shape index (κ2) is 14.8. The molecular formula is C26H45N3O5S. The number of benzene rings is 1. The zero-order chi connectivity index (χ0) is 25.8. The Morgan fingerprint density at radius 2 is 1.54 bits per heavy atom. The molecule has 0 bridgehead atoms. The van der Waals surface area contributed by atoms with Gasteiger partial charge in [-0.2, -0.15) is 4.31 Å². The van der Waals surface area contributed by atoms with Crippen LogP contribution in [0.15, 0.2) is 23.1 Å². The van der Waals surface area contributed by atoms with E-state index in [1.54, 1.807) is 16.4 Å². The second-order valence-electron chi connectivity index (χ2n) is 9.66. The molecule has 200 valence electrons. The Hall–Kier alpha value is -1.71. The van der Waals surface area contributed by atoms with Gasteiger partial charge in [-0.15, -0.1) is 0 Å². The largest absolute Gasteiger partial charge is 0.378 e. The molecule has 9 heteroatoms. The highest BCUT2D eigenvalue weighted by Gasteiger charge is 2.31. The third-order valence-corrected chi connectivity index (χ3v) is 8.97. The number of nitro groups is 1. The lowest BCUT2D eigenvalue weighted by atomic mass is 9.97. The van der Waals surface area contributed by atoms with Crippen LogP contribution in [0.1, 0.15) is 79.1 Å². The fourth-order valence-electron chi connectivity index (χ4n) is 4.71. The molecule has 8 nitrogen and oxygen atoms in total. The molecule has 1 aromatic rings. The fraction of sp³-hybridized carbons (Fsp3) is 0.769. The van der Waals surface area contributed by atoms with Crippen LogP contribution in [0.25, 0.3) is 0 Å². The van der Waals surface area contributed by atoms with Gasteiger partial charge < -0.3 is 9.64 Å². The molecule has 35 heavy (non-hydrogen) atoms. The van der Waals surface area contributed by atoms with Gasteiger partial charge in [-0.05, 0) is 36.8 Å². The van der Waals surface area contributed by atoms with Crippen LogP contribution in [0.5, 0.6) is 0 Å². The van der Waals surface area contributed by atoms with Crippen molar-refractivity contribution in [3.05, 3.63) is 28.3 Å². The van der Waals surface area contributed by atoms with Crippen LogP contribution in [0, 0.1) is 22.0 Å². The smallest absolute Gasteiger partial charge is 0.293 e. The van der Waals surface area contributed by atoms with Gasteiger partial charge in [-0.3, -0.25) is 10.1 Å². The highest BCUT2D eigenvalue weighted by Crippen LogP contribution is 2.33. The molecule has 1 aliphatic heterocycles. The summed E-state index contributed by atoms with van der Waals surface area (Å²) in [5, 5.41) is 11.9. The topological polar surface area (TPSA) is 93.0 Å². The molecule has 0 N–H and O–H groups in total. The lowest BCUT2D eigenvalue weighted by Crippen LogP contribution is -2.39. The van der Waals surface area contributed by atoms with E-state index in [4.69, 9.17) is 4.74 Å². The number of nitrogens with zero attached hydrogens (tertiary/aromatic N) is 3. The number of hydrogen-bond donors (Lipinski definition) is 0. The summed E-state index contributed by atoms with van der Waals surface area (Å²) < 4.78 is 34.8. The third-order valence-electron chi connectivity index (χ3n) is 7.14. The molecule has 0 spiro atoms. The molecule has 2 atom stereocenters. The lowest BCUT2D eigenvalue weighted by Gasteiger charge is -2.31. The molecule has 1 aromatic carbocycles. The summed E-state index contributed by atoms with van der Waals surface area (Å²) in [6.45, 7) is 11.5. The lowest BCUT2D eigenvalue weighted by molar-refractivity contribution is -0.384. The number of nitro benzene ring substituents is 1. The molecule has 1 fully saturated rings. The van der Waals surface area contributed by atoms with E-state index in [1.165, 1.54) is 6.07 Å². The van der Waals surface area contributed by atoms with E-state index in [-0.39, 0.29) is 22.4 Å². The second-order valence-corrected chi connectivity index (χ2v) is 11.6. The number of anilines is 1. The fourth-order valence-corrected chi connectivity index (χ4v) is 6.32. The van der Waals surface area contributed by atoms with Gasteiger partial charge in [0.15, 0.2) is 0 Å². The Morgan fingerprint density at radius 3 is 2.00 bits per heavy atom. The van der Waals surface area contributed by atoms with E-state index in [2.05, 4.69) is 27.7 Å². The van der Waals surface area contributed by atoms with E-state index in [9.17, 15) is 18.5 Å². The molecular weight excluding hydrogens is 466 g/mol. The van der Waals surface area contributed by atoms with Crippen molar-refractivity contribution in [1.29, 1.82) is 0 Å². The average molecular weight is 512 g/mol. The van der Waals surface area contributed by atoms with Crippen molar-refractivity contribution in [3.8, 4) is 0 Å². The van der Waals surface area contributed by atoms with Gasteiger partial charge in [-0.1, -0.05) is 66.2 Å². The van der Waals surface area contributed by atoms with Crippen molar-refractivity contribution in [1.82, 2.24) is 4.31 Å². The van der Waals surface area contributed by atoms with Crippen LogP contribution in [0.3, 0.4) is 0 Å². The van der Waals surface area contributed by atoms with E-state index in [1.807, 2.05) is 4.90 Å². The van der Waals surface area contributed by atoms with Crippen LogP contribution < -0.4 is 4.90 Å². The van der Waals surface area contributed by atoms with Gasteiger partial charge in [0.25, 0.3) is 5.69 Å². The van der Waals surface area contributed by atoms with Crippen LogP contribution in [-0.2, 0) is 14.8 Å². The first kappa shape index (κ1) is 29.5. The van der Waals surface area contributed by atoms with Crippen molar-refractivity contribution in [2.75, 3.05) is 44.3 Å². The predicted octanol–water partition coefficient (Wildman–Crippen LogP) is 5.85. The first-order valence-corrected chi connectivity index (χ1v) is 14.8. The summed E-state index contributed by atoms with van der Waals surface area (Å²) in [5.41, 5.74) is 0.288. The molecule has 0 radical (unpaired) electrons. The summed E-state index contributed by atoms with van der Waals surface area (Å²) in [7, 11) is -3.88. The minimum absolute atomic E-state index is 0.0110. The highest BCUT2D eigenvalue weighted by molar-refractivity contribution is 7.89. The molecule has 0 unspecified atom stereocenters. The molecule has 0 amide bonds. The molecule has 1 heterocycles. The SMILES string of the molecule is CCCC[C@@H](CC)CN(C[C@@H](CC)CCCC)S(=O)(=O)c1ccc(N2CCOCC2)c([N+](=O)[O-])c1. The van der Waals surface area contributed by atoms with Gasteiger partial charge in [-0.25, -0.2) is 8.42 Å². The Balaban J connectivity index is 2.42. The van der Waals surface area contributed by atoms with Gasteiger partial charge in [0.05, 0.1) is 23.0 Å². The standard InChI is InChI=1S/C26H45N3O5S/c1-5-9-11-22(7-3)20-28(21-23(8-4)12-10-6-2)35(32,33)24-13-14-25(26(19-24)29(30)31)27-15-17-34-18-16-27/h13-14,19,22-23H,5-12,15-18,20-21H2,1-4H3/t22-,23+. The Kier molecular flexibility index (Phi) is 12.4. The van der Waals surface area contributed by atoms with Crippen LogP contribution in [0.4, 0.5) is 11.4 Å². The van der Waals surface area contributed by atoms with Crippen molar-refractivity contribution in [2.24, 2.45) is 11.8 Å². The van der Waals surface area contributed by atoms with Crippen molar-refractivity contribution in [2.45, 2.75) is 84.0 Å². The highest BCUT2D eigenvalue weighted by atomic mass is 32.2. The first-order valence-electron chi connectivity index (χ1n) is 13.4. The normalized spacial score (nSPS) is 16.4. The van der Waals surface area contributed by atoms with E-state index in [0.717, 1.165) is 51.4 Å². The van der Waals surface area contributed by atoms with Gasteiger partial charge in [0.1, 0.15) is 5.69 Å². The maximum atomic E-state index is 13.9. The minimum atomic E-state index is -3.88. The number of ether oxygens (including phenoxy) is 1. The molecule has 0 saturated carbocycles. The Bertz CT molecular complexity index is 869. The van der Waals surface area contributed by atoms with E-state index >= 15 is 0 Å². The molecule has 2 rings (SSSR count). The number of unbranched alkanes of at least 4 members (excludes halogenated alkanes) is 2. The predicted molar refractivity (Wildman–Crippen MR) is 141 cm³/mol. The van der Waals surface area contributed by atoms with Crippen molar-refractivity contribution >= 4 is 21.4 Å². The Labute approximate surface area is 212 Å². The van der Waals surface area contributed by atoms with Crippen LogP contribution in [0.2, 0.25) is 0 Å². The maximum absolute atomic E-state index is 13.9. The third kappa shape index (κ3) is 8.43. The number of sulfonamides is 1. The summed E-state index contributed by atoms with van der Waals surface area (Å²) in [4.78, 5) is 13.4.